The predicted octanol–water partition coefficient (Wildman–Crippen LogP) is -1.51. The Morgan fingerprint density at radius 3 is 2.39 bits per heavy atom. The van der Waals surface area contributed by atoms with Crippen molar-refractivity contribution in [2.75, 3.05) is 26.0 Å². The van der Waals surface area contributed by atoms with Crippen molar-refractivity contribution in [3.63, 3.8) is 0 Å². The van der Waals surface area contributed by atoms with Crippen LogP contribution in [0.2, 0.25) is 0 Å². The van der Waals surface area contributed by atoms with E-state index in [2.05, 4.69) is 10.0 Å². The van der Waals surface area contributed by atoms with Crippen molar-refractivity contribution in [2.24, 2.45) is 0 Å². The van der Waals surface area contributed by atoms with Gasteiger partial charge in [0.25, 0.3) is 0 Å². The van der Waals surface area contributed by atoms with E-state index >= 15 is 0 Å². The van der Waals surface area contributed by atoms with Gasteiger partial charge in [0, 0.05) is 12.1 Å². The molecule has 31 heavy (non-hydrogen) atoms. The molecule has 0 aromatic heterocycles. The lowest BCUT2D eigenvalue weighted by atomic mass is 9.68. The van der Waals surface area contributed by atoms with Crippen LogP contribution in [0.15, 0.2) is 0 Å². The van der Waals surface area contributed by atoms with Gasteiger partial charge in [-0.25, -0.2) is 13.1 Å². The second-order valence-corrected chi connectivity index (χ2v) is 10.2. The summed E-state index contributed by atoms with van der Waals surface area (Å²) in [7, 11) is 14.9. The molecule has 3 rings (SSSR count). The summed E-state index contributed by atoms with van der Waals surface area (Å²) in [6.45, 7) is 3.48. The number of phenolic OH excluding ortho intramolecular Hbond substituents is 1. The van der Waals surface area contributed by atoms with E-state index in [0.29, 0.717) is 19.0 Å². The Labute approximate surface area is 189 Å². The number of hydrogen-bond acceptors (Lipinski definition) is 6. The number of hydrogen-bond donors (Lipinski definition) is 3. The van der Waals surface area contributed by atoms with Gasteiger partial charge >= 0.3 is 0 Å². The molecule has 1 heterocycles. The highest BCUT2D eigenvalue weighted by molar-refractivity contribution is 7.88. The van der Waals surface area contributed by atoms with Crippen molar-refractivity contribution in [3.05, 3.63) is 5.56 Å². The number of ether oxygens (including phenoxy) is 2. The van der Waals surface area contributed by atoms with Crippen molar-refractivity contribution in [3.8, 4) is 11.5 Å². The summed E-state index contributed by atoms with van der Waals surface area (Å²) >= 11 is 0. The van der Waals surface area contributed by atoms with Crippen molar-refractivity contribution < 1.29 is 23.0 Å². The van der Waals surface area contributed by atoms with Gasteiger partial charge < -0.3 is 19.9 Å². The molecule has 0 amide bonds. The predicted molar refractivity (Wildman–Crippen MR) is 125 cm³/mol. The molecule has 0 spiro atoms. The summed E-state index contributed by atoms with van der Waals surface area (Å²) in [5, 5.41) is 13.6. The normalized spacial score (nSPS) is 26.8. The van der Waals surface area contributed by atoms with E-state index in [1.807, 2.05) is 6.92 Å². The molecule has 2 fully saturated rings. The summed E-state index contributed by atoms with van der Waals surface area (Å²) < 4.78 is 37.6. The van der Waals surface area contributed by atoms with Crippen LogP contribution < -0.4 is 31.2 Å². The molecule has 2 aliphatic rings. The summed E-state index contributed by atoms with van der Waals surface area (Å²) in [6.07, 6.45) is 5.25. The Hall–Kier alpha value is -1.16. The second kappa shape index (κ2) is 10.2. The fourth-order valence-corrected chi connectivity index (χ4v) is 5.44. The molecular formula is C20H29B3N2O5S. The quantitative estimate of drug-likeness (QED) is 0.425. The number of aromatic hydroxyl groups is 1. The summed E-state index contributed by atoms with van der Waals surface area (Å²) in [6, 6.07) is -0.192. The van der Waals surface area contributed by atoms with Gasteiger partial charge in [0.15, 0.2) is 0 Å². The Bertz CT molecular complexity index is 892. The van der Waals surface area contributed by atoms with E-state index in [0.717, 1.165) is 44.2 Å². The second-order valence-electron chi connectivity index (χ2n) is 8.42. The Balaban J connectivity index is 1.61. The minimum absolute atomic E-state index is 0.0403. The van der Waals surface area contributed by atoms with Gasteiger partial charge in [-0.15, -0.1) is 0 Å². The van der Waals surface area contributed by atoms with Crippen molar-refractivity contribution in [1.29, 1.82) is 0 Å². The van der Waals surface area contributed by atoms with E-state index in [-0.39, 0.29) is 46.2 Å². The zero-order valence-corrected chi connectivity index (χ0v) is 19.0. The van der Waals surface area contributed by atoms with Crippen LogP contribution in [0, 0.1) is 0 Å². The number of phenols is 1. The first-order valence-corrected chi connectivity index (χ1v) is 12.7. The summed E-state index contributed by atoms with van der Waals surface area (Å²) in [5.41, 5.74) is 1.21. The molecule has 1 saturated carbocycles. The molecular weight excluding hydrogens is 413 g/mol. The molecule has 6 radical (unpaired) electrons. The molecule has 164 valence electrons. The Morgan fingerprint density at radius 2 is 1.77 bits per heavy atom. The maximum absolute atomic E-state index is 11.5. The third-order valence-electron chi connectivity index (χ3n) is 6.18. The molecule has 1 aliphatic carbocycles. The van der Waals surface area contributed by atoms with Gasteiger partial charge in [-0.3, -0.25) is 0 Å². The molecule has 1 aromatic carbocycles. The van der Waals surface area contributed by atoms with Crippen molar-refractivity contribution in [2.45, 2.75) is 63.1 Å². The lowest BCUT2D eigenvalue weighted by Crippen LogP contribution is -2.46. The molecule has 1 aromatic rings. The van der Waals surface area contributed by atoms with Crippen LogP contribution >= 0.6 is 0 Å². The highest BCUT2D eigenvalue weighted by atomic mass is 32.2. The number of nitrogens with one attached hydrogen (secondary N) is 2. The summed E-state index contributed by atoms with van der Waals surface area (Å²) in [5.74, 6) is 0.357. The van der Waals surface area contributed by atoms with Gasteiger partial charge in [-0.2, -0.15) is 0 Å². The molecule has 1 aliphatic heterocycles. The van der Waals surface area contributed by atoms with Crippen LogP contribution in [0.25, 0.3) is 0 Å². The fraction of sp³-hybridized carbons (Fsp3) is 0.700. The van der Waals surface area contributed by atoms with E-state index in [4.69, 9.17) is 33.0 Å². The fourth-order valence-electron chi connectivity index (χ4n) is 4.61. The standard InChI is InChI=1S/C20H29B3N2O5S/c1-3-29-20-15(16(21)19(26)17(22)18(20)23)11-4-6-12(7-5-11)30-10-14-13(8-9-24-14)25-31(2,27)28/h11-14,24-26H,3-10H2,1-2H3/t11?,12?,13-,14-/m0/s1. The van der Waals surface area contributed by atoms with Crippen LogP contribution in [0.1, 0.15) is 50.5 Å². The van der Waals surface area contributed by atoms with Gasteiger partial charge in [0.1, 0.15) is 35.0 Å². The first-order chi connectivity index (χ1) is 14.6. The highest BCUT2D eigenvalue weighted by Gasteiger charge is 2.32. The highest BCUT2D eigenvalue weighted by Crippen LogP contribution is 2.37. The minimum atomic E-state index is -3.25. The first kappa shape index (κ1) is 24.5. The molecule has 7 nitrogen and oxygen atoms in total. The number of sulfonamides is 1. The molecule has 1 saturated heterocycles. The van der Waals surface area contributed by atoms with Gasteiger partial charge in [0.2, 0.25) is 10.0 Å². The van der Waals surface area contributed by atoms with Crippen LogP contribution in [0.3, 0.4) is 0 Å². The maximum Gasteiger partial charge on any atom is 0.209 e. The lowest BCUT2D eigenvalue weighted by molar-refractivity contribution is 0.0125. The smallest absolute Gasteiger partial charge is 0.209 e. The van der Waals surface area contributed by atoms with Crippen LogP contribution in [0.4, 0.5) is 0 Å². The molecule has 11 heteroatoms. The lowest BCUT2D eigenvalue weighted by Gasteiger charge is -2.33. The van der Waals surface area contributed by atoms with E-state index < -0.39 is 10.0 Å². The third-order valence-corrected chi connectivity index (χ3v) is 6.91. The maximum atomic E-state index is 11.5. The molecule has 0 unspecified atom stereocenters. The average molecular weight is 442 g/mol. The van der Waals surface area contributed by atoms with Crippen molar-refractivity contribution in [1.82, 2.24) is 10.0 Å². The largest absolute Gasteiger partial charge is 0.509 e. The number of benzene rings is 1. The monoisotopic (exact) mass is 442 g/mol. The van der Waals surface area contributed by atoms with Gasteiger partial charge in [-0.05, 0) is 62.5 Å². The third kappa shape index (κ3) is 5.80. The van der Waals surface area contributed by atoms with Crippen LogP contribution in [-0.4, -0.2) is 81.3 Å². The molecule has 0 bridgehead atoms. The SMILES string of the molecule is [B]c1c([B])c(OCC)c(C2CCC(OC[C@@H]3NCC[C@@H]3NS(C)(=O)=O)CC2)c([B])c1O. The van der Waals surface area contributed by atoms with Gasteiger partial charge in [-0.1, -0.05) is 10.9 Å². The average Bonchev–Trinajstić information content (AvgIpc) is 3.15. The molecule has 2 atom stereocenters. The Kier molecular flexibility index (Phi) is 8.05. The Morgan fingerprint density at radius 1 is 1.10 bits per heavy atom. The van der Waals surface area contributed by atoms with Crippen LogP contribution in [-0.2, 0) is 14.8 Å². The summed E-state index contributed by atoms with van der Waals surface area (Å²) in [4.78, 5) is 0. The van der Waals surface area contributed by atoms with E-state index in [1.165, 1.54) is 6.26 Å². The van der Waals surface area contributed by atoms with Crippen LogP contribution in [0.5, 0.6) is 11.5 Å². The topological polar surface area (TPSA) is 96.9 Å². The van der Waals surface area contributed by atoms with Gasteiger partial charge in [0.05, 0.1) is 25.6 Å². The van der Waals surface area contributed by atoms with Crippen molar-refractivity contribution >= 4 is 50.0 Å². The zero-order chi connectivity index (χ0) is 22.8. The minimum Gasteiger partial charge on any atom is -0.509 e. The first-order valence-electron chi connectivity index (χ1n) is 10.8. The molecule has 3 N–H and O–H groups in total. The number of rotatable bonds is 8. The zero-order valence-electron chi connectivity index (χ0n) is 18.2. The van der Waals surface area contributed by atoms with E-state index in [1.54, 1.807) is 0 Å². The van der Waals surface area contributed by atoms with E-state index in [9.17, 15) is 13.5 Å².